The van der Waals surface area contributed by atoms with Crippen molar-refractivity contribution in [3.05, 3.63) is 131 Å². The van der Waals surface area contributed by atoms with E-state index in [1.165, 1.54) is 6.07 Å². The van der Waals surface area contributed by atoms with Gasteiger partial charge in [-0.1, -0.05) is 72.3 Å². The molecule has 0 saturated heterocycles. The smallest absolute Gasteiger partial charge is 0.339 e. The van der Waals surface area contributed by atoms with Crippen LogP contribution < -0.4 is 15.6 Å². The Morgan fingerprint density at radius 1 is 0.756 bits per heavy atom. The summed E-state index contributed by atoms with van der Waals surface area (Å²) in [5.41, 5.74) is 7.90. The zero-order valence-electron chi connectivity index (χ0n) is 21.7. The molecule has 5 aromatic rings. The summed E-state index contributed by atoms with van der Waals surface area (Å²) in [5.74, 6) is -1.33. The SMILES string of the molecule is O=C(COC(=O)c1cc(-c2ccc(OCc3ccccc3)cc2)nc2ccccc12)NNC(=O)c1ccccc1Cl. The van der Waals surface area contributed by atoms with Crippen LogP contribution in [0.25, 0.3) is 22.2 Å². The van der Waals surface area contributed by atoms with Crippen LogP contribution >= 0.6 is 11.6 Å². The lowest BCUT2D eigenvalue weighted by atomic mass is 10.0. The Bertz CT molecular complexity index is 1710. The third kappa shape index (κ3) is 6.87. The number of benzene rings is 4. The number of para-hydroxylation sites is 1. The average Bonchev–Trinajstić information content (AvgIpc) is 3.02. The van der Waals surface area contributed by atoms with Crippen LogP contribution in [0.4, 0.5) is 0 Å². The summed E-state index contributed by atoms with van der Waals surface area (Å²) in [6.07, 6.45) is 0. The molecule has 0 spiro atoms. The Labute approximate surface area is 240 Å². The van der Waals surface area contributed by atoms with Gasteiger partial charge in [-0.2, -0.15) is 0 Å². The normalized spacial score (nSPS) is 10.6. The maximum atomic E-state index is 13.1. The van der Waals surface area contributed by atoms with Crippen LogP contribution in [0.3, 0.4) is 0 Å². The van der Waals surface area contributed by atoms with Gasteiger partial charge in [-0.05, 0) is 54.1 Å². The molecular formula is C32H24ClN3O5. The molecule has 0 bridgehead atoms. The highest BCUT2D eigenvalue weighted by atomic mass is 35.5. The number of nitrogens with one attached hydrogen (secondary N) is 2. The molecule has 0 aliphatic carbocycles. The lowest BCUT2D eigenvalue weighted by Crippen LogP contribution is -2.43. The molecule has 0 unspecified atom stereocenters. The van der Waals surface area contributed by atoms with E-state index in [-0.39, 0.29) is 16.1 Å². The van der Waals surface area contributed by atoms with Crippen LogP contribution in [0.2, 0.25) is 5.02 Å². The standard InChI is InChI=1S/C32H24ClN3O5/c33-27-12-6-4-11-25(27)31(38)36-35-30(37)20-41-32(39)26-18-29(34-28-13-7-5-10-24(26)28)22-14-16-23(17-15-22)40-19-21-8-2-1-3-9-21/h1-18H,19-20H2,(H,35,37)(H,36,38). The molecule has 0 aliphatic rings. The fraction of sp³-hybridized carbons (Fsp3) is 0.0625. The predicted molar refractivity (Wildman–Crippen MR) is 155 cm³/mol. The Morgan fingerprint density at radius 2 is 1.46 bits per heavy atom. The molecule has 0 fully saturated rings. The topological polar surface area (TPSA) is 107 Å². The molecule has 204 valence electrons. The Hall–Kier alpha value is -5.21. The van der Waals surface area contributed by atoms with E-state index >= 15 is 0 Å². The van der Waals surface area contributed by atoms with Crippen LogP contribution in [0.5, 0.6) is 5.75 Å². The average molecular weight is 566 g/mol. The highest BCUT2D eigenvalue weighted by Crippen LogP contribution is 2.27. The van der Waals surface area contributed by atoms with E-state index in [2.05, 4.69) is 10.9 Å². The maximum Gasteiger partial charge on any atom is 0.339 e. The molecule has 4 aromatic carbocycles. The monoisotopic (exact) mass is 565 g/mol. The molecule has 0 aliphatic heterocycles. The molecule has 41 heavy (non-hydrogen) atoms. The summed E-state index contributed by atoms with van der Waals surface area (Å²) in [6, 6.07) is 32.5. The maximum absolute atomic E-state index is 13.1. The van der Waals surface area contributed by atoms with Crippen LogP contribution in [0.1, 0.15) is 26.3 Å². The van der Waals surface area contributed by atoms with Crippen LogP contribution in [-0.4, -0.2) is 29.4 Å². The number of nitrogens with zero attached hydrogens (tertiary/aromatic N) is 1. The summed E-state index contributed by atoms with van der Waals surface area (Å²) in [7, 11) is 0. The highest BCUT2D eigenvalue weighted by Gasteiger charge is 2.17. The molecule has 9 heteroatoms. The van der Waals surface area contributed by atoms with Gasteiger partial charge in [-0.3, -0.25) is 20.4 Å². The number of amides is 2. The van der Waals surface area contributed by atoms with E-state index in [1.807, 2.05) is 60.7 Å². The number of esters is 1. The van der Waals surface area contributed by atoms with E-state index in [9.17, 15) is 14.4 Å². The second kappa shape index (κ2) is 12.8. The number of ether oxygens (including phenoxy) is 2. The summed E-state index contributed by atoms with van der Waals surface area (Å²) in [6.45, 7) is -0.164. The number of halogens is 1. The molecule has 2 N–H and O–H groups in total. The van der Waals surface area contributed by atoms with E-state index in [0.29, 0.717) is 29.0 Å². The van der Waals surface area contributed by atoms with Gasteiger partial charge < -0.3 is 9.47 Å². The Kier molecular flexibility index (Phi) is 8.52. The first-order valence-electron chi connectivity index (χ1n) is 12.7. The van der Waals surface area contributed by atoms with Gasteiger partial charge in [0.25, 0.3) is 11.8 Å². The largest absolute Gasteiger partial charge is 0.489 e. The van der Waals surface area contributed by atoms with Gasteiger partial charge in [0.05, 0.1) is 27.4 Å². The number of hydrazine groups is 1. The second-order valence-corrected chi connectivity index (χ2v) is 9.34. The van der Waals surface area contributed by atoms with Gasteiger partial charge in [-0.25, -0.2) is 9.78 Å². The van der Waals surface area contributed by atoms with Crippen molar-refractivity contribution in [2.24, 2.45) is 0 Å². The molecule has 0 atom stereocenters. The summed E-state index contributed by atoms with van der Waals surface area (Å²) >= 11 is 6.00. The van der Waals surface area contributed by atoms with Crippen molar-refractivity contribution in [3.63, 3.8) is 0 Å². The first-order valence-corrected chi connectivity index (χ1v) is 13.0. The minimum Gasteiger partial charge on any atom is -0.489 e. The Balaban J connectivity index is 1.25. The summed E-state index contributed by atoms with van der Waals surface area (Å²) in [4.78, 5) is 42.3. The zero-order chi connectivity index (χ0) is 28.6. The number of hydrogen-bond acceptors (Lipinski definition) is 6. The third-order valence-corrected chi connectivity index (χ3v) is 6.43. The molecule has 1 aromatic heterocycles. The molecule has 2 amide bonds. The van der Waals surface area contributed by atoms with Crippen LogP contribution in [0, 0.1) is 0 Å². The van der Waals surface area contributed by atoms with E-state index in [4.69, 9.17) is 26.1 Å². The first kappa shape index (κ1) is 27.4. The molecule has 5 rings (SSSR count). The minimum atomic E-state index is -0.719. The number of hydrogen-bond donors (Lipinski definition) is 2. The van der Waals surface area contributed by atoms with Crippen molar-refractivity contribution in [1.29, 1.82) is 0 Å². The zero-order valence-corrected chi connectivity index (χ0v) is 22.4. The van der Waals surface area contributed by atoms with Gasteiger partial charge in [-0.15, -0.1) is 0 Å². The van der Waals surface area contributed by atoms with Crippen molar-refractivity contribution >= 4 is 40.3 Å². The second-order valence-electron chi connectivity index (χ2n) is 8.93. The molecule has 0 radical (unpaired) electrons. The van der Waals surface area contributed by atoms with Crippen LogP contribution in [-0.2, 0) is 16.1 Å². The van der Waals surface area contributed by atoms with Gasteiger partial charge in [0.2, 0.25) is 0 Å². The lowest BCUT2D eigenvalue weighted by molar-refractivity contribution is -0.125. The molecule has 8 nitrogen and oxygen atoms in total. The fourth-order valence-electron chi connectivity index (χ4n) is 4.04. The fourth-order valence-corrected chi connectivity index (χ4v) is 4.26. The molecule has 0 saturated carbocycles. The highest BCUT2D eigenvalue weighted by molar-refractivity contribution is 6.33. The summed E-state index contributed by atoms with van der Waals surface area (Å²) < 4.78 is 11.1. The number of carbonyl (C=O) groups excluding carboxylic acids is 3. The van der Waals surface area contributed by atoms with E-state index in [1.54, 1.807) is 42.5 Å². The minimum absolute atomic E-state index is 0.193. The van der Waals surface area contributed by atoms with Gasteiger partial charge in [0.15, 0.2) is 6.61 Å². The van der Waals surface area contributed by atoms with Crippen molar-refractivity contribution in [1.82, 2.24) is 15.8 Å². The van der Waals surface area contributed by atoms with Gasteiger partial charge in [0.1, 0.15) is 12.4 Å². The number of rotatable bonds is 8. The number of fused-ring (bicyclic) bond motifs is 1. The molecule has 1 heterocycles. The third-order valence-electron chi connectivity index (χ3n) is 6.10. The summed E-state index contributed by atoms with van der Waals surface area (Å²) in [5, 5.41) is 0.817. The van der Waals surface area contributed by atoms with Crippen LogP contribution in [0.15, 0.2) is 109 Å². The van der Waals surface area contributed by atoms with E-state index in [0.717, 1.165) is 11.1 Å². The molecular weight excluding hydrogens is 542 g/mol. The quantitative estimate of drug-likeness (QED) is 0.183. The van der Waals surface area contributed by atoms with Gasteiger partial charge in [0, 0.05) is 10.9 Å². The number of pyridine rings is 1. The Morgan fingerprint density at radius 3 is 2.24 bits per heavy atom. The van der Waals surface area contributed by atoms with Crippen molar-refractivity contribution < 1.29 is 23.9 Å². The van der Waals surface area contributed by atoms with Crippen molar-refractivity contribution in [3.8, 4) is 17.0 Å². The number of aromatic nitrogens is 1. The van der Waals surface area contributed by atoms with E-state index < -0.39 is 24.4 Å². The lowest BCUT2D eigenvalue weighted by Gasteiger charge is -2.12. The van der Waals surface area contributed by atoms with Crippen molar-refractivity contribution in [2.75, 3.05) is 6.61 Å². The predicted octanol–water partition coefficient (Wildman–Crippen LogP) is 5.75. The first-order chi connectivity index (χ1) is 20.0. The number of carbonyl (C=O) groups is 3. The van der Waals surface area contributed by atoms with Gasteiger partial charge >= 0.3 is 5.97 Å². The van der Waals surface area contributed by atoms with Crippen molar-refractivity contribution in [2.45, 2.75) is 6.61 Å².